The molecule has 0 unspecified atom stereocenters. The zero-order valence-electron chi connectivity index (χ0n) is 12.6. The second-order valence-electron chi connectivity index (χ2n) is 5.65. The van der Waals surface area contributed by atoms with Crippen LogP contribution >= 0.6 is 11.3 Å². The molecular weight excluding hydrogens is 256 g/mol. The third kappa shape index (κ3) is 3.01. The van der Waals surface area contributed by atoms with Gasteiger partial charge in [0.25, 0.3) is 0 Å². The lowest BCUT2D eigenvalue weighted by atomic mass is 10.0. The number of rotatable bonds is 6. The molecule has 0 aliphatic heterocycles. The Kier molecular flexibility index (Phi) is 4.98. The minimum absolute atomic E-state index is 0.0882. The Morgan fingerprint density at radius 3 is 2.58 bits per heavy atom. The summed E-state index contributed by atoms with van der Waals surface area (Å²) >= 11 is 1.85. The van der Waals surface area contributed by atoms with Crippen LogP contribution in [0.25, 0.3) is 0 Å². The van der Waals surface area contributed by atoms with Crippen LogP contribution in [0.1, 0.15) is 68.0 Å². The summed E-state index contributed by atoms with van der Waals surface area (Å²) < 4.78 is 6.13. The highest BCUT2D eigenvalue weighted by Crippen LogP contribution is 2.45. The van der Waals surface area contributed by atoms with Gasteiger partial charge >= 0.3 is 0 Å². The molecule has 1 fully saturated rings. The number of nitrogens with zero attached hydrogens (tertiary/aromatic N) is 1. The van der Waals surface area contributed by atoms with Crippen molar-refractivity contribution in [3.05, 3.63) is 15.6 Å². The van der Waals surface area contributed by atoms with E-state index in [4.69, 9.17) is 9.72 Å². The molecule has 0 radical (unpaired) electrons. The molecule has 3 nitrogen and oxygen atoms in total. The third-order valence-corrected chi connectivity index (χ3v) is 5.09. The van der Waals surface area contributed by atoms with Crippen molar-refractivity contribution in [2.24, 2.45) is 0 Å². The summed E-state index contributed by atoms with van der Waals surface area (Å²) in [5.74, 6) is 0.480. The van der Waals surface area contributed by atoms with E-state index in [0.29, 0.717) is 5.92 Å². The first-order valence-electron chi connectivity index (χ1n) is 7.41. The molecule has 4 heteroatoms. The Labute approximate surface area is 120 Å². The Balaban J connectivity index is 2.35. The van der Waals surface area contributed by atoms with Gasteiger partial charge in [-0.05, 0) is 32.7 Å². The van der Waals surface area contributed by atoms with Crippen LogP contribution in [0.3, 0.4) is 0 Å². The van der Waals surface area contributed by atoms with Crippen LogP contribution in [0.15, 0.2) is 0 Å². The summed E-state index contributed by atoms with van der Waals surface area (Å²) in [5, 5.41) is 4.47. The quantitative estimate of drug-likeness (QED) is 0.862. The second kappa shape index (κ2) is 6.33. The molecule has 1 N–H and O–H groups in total. The Hall–Kier alpha value is -0.450. The van der Waals surface area contributed by atoms with E-state index in [2.05, 4.69) is 26.1 Å². The van der Waals surface area contributed by atoms with Crippen LogP contribution in [0.4, 0.5) is 0 Å². The van der Waals surface area contributed by atoms with E-state index >= 15 is 0 Å². The Bertz CT molecular complexity index is 408. The van der Waals surface area contributed by atoms with Gasteiger partial charge in [-0.15, -0.1) is 11.3 Å². The van der Waals surface area contributed by atoms with Gasteiger partial charge in [0, 0.05) is 18.0 Å². The summed E-state index contributed by atoms with van der Waals surface area (Å²) in [7, 11) is 2.00. The van der Waals surface area contributed by atoms with E-state index in [1.807, 2.05) is 18.4 Å². The van der Waals surface area contributed by atoms with Crippen LogP contribution in [-0.4, -0.2) is 18.6 Å². The van der Waals surface area contributed by atoms with Crippen molar-refractivity contribution in [2.45, 2.75) is 64.5 Å². The molecule has 1 heterocycles. The van der Waals surface area contributed by atoms with Gasteiger partial charge < -0.3 is 10.1 Å². The van der Waals surface area contributed by atoms with Gasteiger partial charge in [-0.1, -0.05) is 26.7 Å². The van der Waals surface area contributed by atoms with Crippen LogP contribution < -0.4 is 5.32 Å². The summed E-state index contributed by atoms with van der Waals surface area (Å²) in [5.41, 5.74) is 1.16. The average Bonchev–Trinajstić information content (AvgIpc) is 2.97. The highest BCUT2D eigenvalue weighted by molar-refractivity contribution is 7.11. The van der Waals surface area contributed by atoms with Gasteiger partial charge in [0.2, 0.25) is 0 Å². The number of hydrogen-bond acceptors (Lipinski definition) is 4. The van der Waals surface area contributed by atoms with E-state index < -0.39 is 0 Å². The fourth-order valence-corrected chi connectivity index (χ4v) is 4.37. The van der Waals surface area contributed by atoms with Crippen molar-refractivity contribution in [3.8, 4) is 0 Å². The maximum atomic E-state index is 6.13. The lowest BCUT2D eigenvalue weighted by Crippen LogP contribution is -2.26. The molecule has 19 heavy (non-hydrogen) atoms. The number of nitrogens with one attached hydrogen (secondary N) is 1. The number of aromatic nitrogens is 1. The highest BCUT2D eigenvalue weighted by Gasteiger charge is 2.39. The largest absolute Gasteiger partial charge is 0.368 e. The Morgan fingerprint density at radius 2 is 2.05 bits per heavy atom. The predicted molar refractivity (Wildman–Crippen MR) is 80.7 cm³/mol. The van der Waals surface area contributed by atoms with E-state index in [-0.39, 0.29) is 5.60 Å². The van der Waals surface area contributed by atoms with Crippen molar-refractivity contribution in [2.75, 3.05) is 13.7 Å². The lowest BCUT2D eigenvalue weighted by molar-refractivity contribution is -0.0392. The number of ether oxygens (including phenoxy) is 1. The molecule has 108 valence electrons. The number of thiazole rings is 1. The summed E-state index contributed by atoms with van der Waals surface area (Å²) in [6.07, 6.45) is 4.78. The minimum atomic E-state index is -0.0882. The van der Waals surface area contributed by atoms with Crippen LogP contribution in [-0.2, 0) is 16.9 Å². The van der Waals surface area contributed by atoms with Crippen molar-refractivity contribution < 1.29 is 4.74 Å². The van der Waals surface area contributed by atoms with Gasteiger partial charge in [-0.25, -0.2) is 4.98 Å². The molecule has 1 aliphatic rings. The number of hydrogen-bond donors (Lipinski definition) is 1. The van der Waals surface area contributed by atoms with Crippen LogP contribution in [0.5, 0.6) is 0 Å². The highest BCUT2D eigenvalue weighted by atomic mass is 32.1. The van der Waals surface area contributed by atoms with Crippen molar-refractivity contribution in [1.29, 1.82) is 0 Å². The van der Waals surface area contributed by atoms with Gasteiger partial charge in [-0.3, -0.25) is 0 Å². The zero-order valence-corrected chi connectivity index (χ0v) is 13.4. The topological polar surface area (TPSA) is 34.1 Å². The molecule has 0 saturated heterocycles. The minimum Gasteiger partial charge on any atom is -0.368 e. The van der Waals surface area contributed by atoms with Crippen LogP contribution in [0, 0.1) is 0 Å². The molecule has 2 rings (SSSR count). The molecule has 0 amide bonds. The summed E-state index contributed by atoms with van der Waals surface area (Å²) in [6, 6.07) is 0. The van der Waals surface area contributed by atoms with Gasteiger partial charge in [-0.2, -0.15) is 0 Å². The van der Waals surface area contributed by atoms with Gasteiger partial charge in [0.05, 0.1) is 5.69 Å². The van der Waals surface area contributed by atoms with Crippen molar-refractivity contribution >= 4 is 11.3 Å². The summed E-state index contributed by atoms with van der Waals surface area (Å²) in [4.78, 5) is 6.33. The normalized spacial score (nSPS) is 18.4. The second-order valence-corrected chi connectivity index (χ2v) is 6.73. The summed E-state index contributed by atoms with van der Waals surface area (Å²) in [6.45, 7) is 8.22. The molecular formula is C15H26N2OS. The third-order valence-electron chi connectivity index (χ3n) is 3.83. The molecule has 1 aromatic rings. The molecule has 0 spiro atoms. The maximum Gasteiger partial charge on any atom is 0.125 e. The first kappa shape index (κ1) is 14.9. The molecule has 0 aromatic carbocycles. The molecule has 0 bridgehead atoms. The molecule has 0 atom stereocenters. The van der Waals surface area contributed by atoms with Crippen molar-refractivity contribution in [3.63, 3.8) is 0 Å². The first-order chi connectivity index (χ1) is 9.13. The average molecular weight is 282 g/mol. The fourth-order valence-electron chi connectivity index (χ4n) is 2.94. The van der Waals surface area contributed by atoms with Gasteiger partial charge in [0.1, 0.15) is 10.6 Å². The molecule has 1 aromatic heterocycles. The van der Waals surface area contributed by atoms with E-state index in [1.165, 1.54) is 28.4 Å². The van der Waals surface area contributed by atoms with E-state index in [9.17, 15) is 0 Å². The maximum absolute atomic E-state index is 6.13. The van der Waals surface area contributed by atoms with Crippen LogP contribution in [0.2, 0.25) is 0 Å². The van der Waals surface area contributed by atoms with Gasteiger partial charge in [0.15, 0.2) is 0 Å². The molecule has 1 saturated carbocycles. The SMILES string of the molecule is CCOC1(c2nc(C(C)C)c(CNC)s2)CCCC1. The zero-order chi connectivity index (χ0) is 13.9. The fraction of sp³-hybridized carbons (Fsp3) is 0.800. The van der Waals surface area contributed by atoms with E-state index in [0.717, 1.165) is 26.0 Å². The standard InChI is InChI=1S/C15H26N2OS/c1-5-18-15(8-6-7-9-15)14-17-13(11(2)3)12(19-14)10-16-4/h11,16H,5-10H2,1-4H3. The monoisotopic (exact) mass is 282 g/mol. The first-order valence-corrected chi connectivity index (χ1v) is 8.23. The predicted octanol–water partition coefficient (Wildman–Crippen LogP) is 3.79. The van der Waals surface area contributed by atoms with E-state index in [1.54, 1.807) is 0 Å². The molecule has 1 aliphatic carbocycles. The Morgan fingerprint density at radius 1 is 1.37 bits per heavy atom. The lowest BCUT2D eigenvalue weighted by Gasteiger charge is -2.26. The smallest absolute Gasteiger partial charge is 0.125 e. The van der Waals surface area contributed by atoms with Crippen molar-refractivity contribution in [1.82, 2.24) is 10.3 Å².